The van der Waals surface area contributed by atoms with Crippen molar-refractivity contribution >= 4 is 11.6 Å². The predicted molar refractivity (Wildman–Crippen MR) is 111 cm³/mol. The van der Waals surface area contributed by atoms with Crippen LogP contribution in [0.15, 0.2) is 48.5 Å². The summed E-state index contributed by atoms with van der Waals surface area (Å²) in [6, 6.07) is 11.5. The SMILES string of the molecule is O=C(c1cccc(C(F)(F)F)c1)N1CCC(N2CCN(c3ccc(F)cc3)CC2)CC1. The third-order valence-electron chi connectivity index (χ3n) is 6.21. The van der Waals surface area contributed by atoms with Gasteiger partial charge in [0.2, 0.25) is 0 Å². The number of carbonyl (C=O) groups is 1. The molecule has 0 radical (unpaired) electrons. The molecule has 2 aromatic carbocycles. The van der Waals surface area contributed by atoms with E-state index in [4.69, 9.17) is 0 Å². The van der Waals surface area contributed by atoms with E-state index in [9.17, 15) is 22.4 Å². The molecule has 4 rings (SSSR count). The van der Waals surface area contributed by atoms with Gasteiger partial charge in [-0.25, -0.2) is 4.39 Å². The lowest BCUT2D eigenvalue weighted by Gasteiger charge is -2.43. The van der Waals surface area contributed by atoms with Crippen molar-refractivity contribution in [2.24, 2.45) is 0 Å². The first-order valence-corrected chi connectivity index (χ1v) is 10.5. The number of benzene rings is 2. The van der Waals surface area contributed by atoms with Crippen molar-refractivity contribution < 1.29 is 22.4 Å². The summed E-state index contributed by atoms with van der Waals surface area (Å²) in [4.78, 5) is 19.0. The van der Waals surface area contributed by atoms with Crippen LogP contribution in [-0.4, -0.2) is 61.0 Å². The van der Waals surface area contributed by atoms with Gasteiger partial charge >= 0.3 is 6.18 Å². The van der Waals surface area contributed by atoms with Crippen LogP contribution in [0.4, 0.5) is 23.2 Å². The molecule has 0 bridgehead atoms. The van der Waals surface area contributed by atoms with Crippen LogP contribution >= 0.6 is 0 Å². The summed E-state index contributed by atoms with van der Waals surface area (Å²) in [6.07, 6.45) is -2.85. The average molecular weight is 435 g/mol. The van der Waals surface area contributed by atoms with E-state index in [-0.39, 0.29) is 17.3 Å². The van der Waals surface area contributed by atoms with Crippen LogP contribution in [0.3, 0.4) is 0 Å². The van der Waals surface area contributed by atoms with E-state index < -0.39 is 11.7 Å². The van der Waals surface area contributed by atoms with Crippen LogP contribution in [0, 0.1) is 5.82 Å². The first-order valence-electron chi connectivity index (χ1n) is 10.5. The number of anilines is 1. The minimum atomic E-state index is -4.46. The summed E-state index contributed by atoms with van der Waals surface area (Å²) >= 11 is 0. The molecule has 8 heteroatoms. The highest BCUT2D eigenvalue weighted by atomic mass is 19.4. The zero-order valence-electron chi connectivity index (χ0n) is 17.1. The summed E-state index contributed by atoms with van der Waals surface area (Å²) in [5.74, 6) is -0.584. The molecule has 2 aliphatic rings. The first-order chi connectivity index (χ1) is 14.8. The number of alkyl halides is 3. The van der Waals surface area contributed by atoms with Gasteiger partial charge in [-0.05, 0) is 55.3 Å². The fraction of sp³-hybridized carbons (Fsp3) is 0.435. The van der Waals surface area contributed by atoms with E-state index in [1.807, 2.05) is 0 Å². The molecule has 0 unspecified atom stereocenters. The molecular formula is C23H25F4N3O. The summed E-state index contributed by atoms with van der Waals surface area (Å²) in [7, 11) is 0. The molecule has 2 aliphatic heterocycles. The number of nitrogens with zero attached hydrogens (tertiary/aromatic N) is 3. The number of piperazine rings is 1. The quantitative estimate of drug-likeness (QED) is 0.674. The topological polar surface area (TPSA) is 26.8 Å². The van der Waals surface area contributed by atoms with Gasteiger partial charge in [0.05, 0.1) is 5.56 Å². The van der Waals surface area contributed by atoms with Crippen molar-refractivity contribution in [3.63, 3.8) is 0 Å². The Bertz CT molecular complexity index is 900. The monoisotopic (exact) mass is 435 g/mol. The van der Waals surface area contributed by atoms with E-state index in [0.29, 0.717) is 19.1 Å². The van der Waals surface area contributed by atoms with E-state index in [2.05, 4.69) is 9.80 Å². The van der Waals surface area contributed by atoms with Gasteiger partial charge in [-0.2, -0.15) is 13.2 Å². The molecule has 0 aliphatic carbocycles. The minimum absolute atomic E-state index is 0.0844. The summed E-state index contributed by atoms with van der Waals surface area (Å²) < 4.78 is 51.9. The lowest BCUT2D eigenvalue weighted by molar-refractivity contribution is -0.137. The molecule has 4 nitrogen and oxygen atoms in total. The Hall–Kier alpha value is -2.61. The van der Waals surface area contributed by atoms with Crippen molar-refractivity contribution in [3.05, 3.63) is 65.5 Å². The number of carbonyl (C=O) groups excluding carboxylic acids is 1. The minimum Gasteiger partial charge on any atom is -0.369 e. The highest BCUT2D eigenvalue weighted by Gasteiger charge is 2.33. The van der Waals surface area contributed by atoms with Crippen LogP contribution in [0.5, 0.6) is 0 Å². The third-order valence-corrected chi connectivity index (χ3v) is 6.21. The molecule has 2 heterocycles. The molecule has 0 saturated carbocycles. The van der Waals surface area contributed by atoms with Gasteiger partial charge in [0, 0.05) is 56.6 Å². The predicted octanol–water partition coefficient (Wildman–Crippen LogP) is 4.27. The fourth-order valence-electron chi connectivity index (χ4n) is 4.44. The van der Waals surface area contributed by atoms with Crippen molar-refractivity contribution in [2.75, 3.05) is 44.2 Å². The van der Waals surface area contributed by atoms with E-state index >= 15 is 0 Å². The zero-order chi connectivity index (χ0) is 22.0. The molecule has 2 saturated heterocycles. The zero-order valence-corrected chi connectivity index (χ0v) is 17.1. The van der Waals surface area contributed by atoms with Gasteiger partial charge in [-0.15, -0.1) is 0 Å². The standard InChI is InChI=1S/C23H25F4N3O/c24-19-4-6-20(7-5-19)28-12-14-29(15-13-28)21-8-10-30(11-9-21)22(31)17-2-1-3-18(16-17)23(25,26)27/h1-7,16,21H,8-15H2. The second kappa shape index (κ2) is 8.86. The van der Waals surface area contributed by atoms with Gasteiger partial charge in [0.25, 0.3) is 5.91 Å². The molecule has 1 amide bonds. The molecule has 2 aromatic rings. The number of hydrogen-bond donors (Lipinski definition) is 0. The van der Waals surface area contributed by atoms with Gasteiger partial charge in [0.1, 0.15) is 5.82 Å². The van der Waals surface area contributed by atoms with Gasteiger partial charge in [-0.1, -0.05) is 6.07 Å². The summed E-state index contributed by atoms with van der Waals surface area (Å²) in [5.41, 5.74) is 0.302. The second-order valence-electron chi connectivity index (χ2n) is 8.10. The highest BCUT2D eigenvalue weighted by molar-refractivity contribution is 5.94. The second-order valence-corrected chi connectivity index (χ2v) is 8.10. The molecule has 0 aromatic heterocycles. The Balaban J connectivity index is 1.29. The number of rotatable bonds is 3. The van der Waals surface area contributed by atoms with E-state index in [0.717, 1.165) is 56.8 Å². The Kier molecular flexibility index (Phi) is 6.18. The van der Waals surface area contributed by atoms with Crippen LogP contribution in [0.2, 0.25) is 0 Å². The number of piperidine rings is 1. The number of hydrogen-bond acceptors (Lipinski definition) is 3. The normalized spacial score (nSPS) is 19.0. The Morgan fingerprint density at radius 3 is 2.13 bits per heavy atom. The summed E-state index contributed by atoms with van der Waals surface area (Å²) in [6.45, 7) is 4.58. The number of halogens is 4. The maximum atomic E-state index is 13.1. The Morgan fingerprint density at radius 2 is 1.52 bits per heavy atom. The van der Waals surface area contributed by atoms with Crippen LogP contribution in [0.25, 0.3) is 0 Å². The fourth-order valence-corrected chi connectivity index (χ4v) is 4.44. The molecule has 0 N–H and O–H groups in total. The maximum Gasteiger partial charge on any atom is 0.416 e. The van der Waals surface area contributed by atoms with Gasteiger partial charge in [-0.3, -0.25) is 9.69 Å². The highest BCUT2D eigenvalue weighted by Crippen LogP contribution is 2.30. The molecule has 0 spiro atoms. The molecule has 31 heavy (non-hydrogen) atoms. The van der Waals surface area contributed by atoms with Crippen LogP contribution in [0.1, 0.15) is 28.8 Å². The summed E-state index contributed by atoms with van der Waals surface area (Å²) in [5, 5.41) is 0. The van der Waals surface area contributed by atoms with E-state index in [1.165, 1.54) is 24.3 Å². The van der Waals surface area contributed by atoms with Crippen molar-refractivity contribution in [1.82, 2.24) is 9.80 Å². The van der Waals surface area contributed by atoms with Crippen molar-refractivity contribution in [2.45, 2.75) is 25.1 Å². The van der Waals surface area contributed by atoms with Gasteiger partial charge < -0.3 is 9.80 Å². The number of amides is 1. The lowest BCUT2D eigenvalue weighted by atomic mass is 10.0. The lowest BCUT2D eigenvalue weighted by Crippen LogP contribution is -2.53. The molecule has 166 valence electrons. The smallest absolute Gasteiger partial charge is 0.369 e. The Morgan fingerprint density at radius 1 is 0.871 bits per heavy atom. The molecule has 2 fully saturated rings. The van der Waals surface area contributed by atoms with Crippen molar-refractivity contribution in [1.29, 1.82) is 0 Å². The van der Waals surface area contributed by atoms with Gasteiger partial charge in [0.15, 0.2) is 0 Å². The molecule has 0 atom stereocenters. The van der Waals surface area contributed by atoms with Crippen LogP contribution < -0.4 is 4.90 Å². The average Bonchev–Trinajstić information content (AvgIpc) is 2.79. The largest absolute Gasteiger partial charge is 0.416 e. The third kappa shape index (κ3) is 5.01. The number of likely N-dealkylation sites (tertiary alicyclic amines) is 1. The van der Waals surface area contributed by atoms with Crippen LogP contribution in [-0.2, 0) is 6.18 Å². The Labute approximate surface area is 179 Å². The maximum absolute atomic E-state index is 13.1. The first kappa shape index (κ1) is 21.6. The van der Waals surface area contributed by atoms with E-state index in [1.54, 1.807) is 17.0 Å². The van der Waals surface area contributed by atoms with Crippen molar-refractivity contribution in [3.8, 4) is 0 Å². The molecular weight excluding hydrogens is 410 g/mol.